The van der Waals surface area contributed by atoms with E-state index >= 15 is 0 Å². The van der Waals surface area contributed by atoms with E-state index < -0.39 is 11.7 Å². The number of hydrogen-bond donors (Lipinski definition) is 0. The molecule has 96 valence electrons. The molecule has 0 aromatic heterocycles. The van der Waals surface area contributed by atoms with E-state index in [0.717, 1.165) is 18.9 Å². The molecule has 0 unspecified atom stereocenters. The largest absolute Gasteiger partial charge is 0.497 e. The summed E-state index contributed by atoms with van der Waals surface area (Å²) in [6, 6.07) is 3.94. The molecule has 17 heavy (non-hydrogen) atoms. The summed E-state index contributed by atoms with van der Waals surface area (Å²) in [5.41, 5.74) is 0.0559. The van der Waals surface area contributed by atoms with Crippen molar-refractivity contribution in [2.24, 2.45) is 0 Å². The first-order valence-electron chi connectivity index (χ1n) is 5.68. The third-order valence-electron chi connectivity index (χ3n) is 2.95. The lowest BCUT2D eigenvalue weighted by Crippen LogP contribution is -2.07. The minimum Gasteiger partial charge on any atom is -0.497 e. The summed E-state index contributed by atoms with van der Waals surface area (Å²) in [4.78, 5) is 0. The first kappa shape index (κ1) is 13.9. The Labute approximate surface area is 99.6 Å². The van der Waals surface area contributed by atoms with Gasteiger partial charge in [-0.25, -0.2) is 0 Å². The fraction of sp³-hybridized carbons (Fsp3) is 0.538. The van der Waals surface area contributed by atoms with Gasteiger partial charge in [-0.1, -0.05) is 13.8 Å². The average Bonchev–Trinajstić information content (AvgIpc) is 2.29. The standard InChI is InChI=1S/C13H17F3O/c1-4-9(5-2)10-6-11(13(14,15)16)8-12(7-10)17-3/h6-9H,4-5H2,1-3H3. The number of methoxy groups -OCH3 is 1. The number of hydrogen-bond acceptors (Lipinski definition) is 1. The van der Waals surface area contributed by atoms with Crippen molar-refractivity contribution in [2.75, 3.05) is 7.11 Å². The van der Waals surface area contributed by atoms with Crippen LogP contribution in [0, 0.1) is 0 Å². The van der Waals surface area contributed by atoms with Crippen LogP contribution < -0.4 is 4.74 Å². The van der Waals surface area contributed by atoms with Gasteiger partial charge in [0.25, 0.3) is 0 Å². The lowest BCUT2D eigenvalue weighted by molar-refractivity contribution is -0.137. The highest BCUT2D eigenvalue weighted by molar-refractivity contribution is 5.37. The Balaban J connectivity index is 3.22. The zero-order chi connectivity index (χ0) is 13.1. The monoisotopic (exact) mass is 246 g/mol. The third kappa shape index (κ3) is 3.38. The van der Waals surface area contributed by atoms with E-state index in [9.17, 15) is 13.2 Å². The van der Waals surface area contributed by atoms with E-state index in [2.05, 4.69) is 0 Å². The van der Waals surface area contributed by atoms with Gasteiger partial charge in [-0.2, -0.15) is 13.2 Å². The molecule has 0 heterocycles. The van der Waals surface area contributed by atoms with Crippen LogP contribution in [0.2, 0.25) is 0 Å². The molecule has 0 spiro atoms. The van der Waals surface area contributed by atoms with Crippen LogP contribution in [0.3, 0.4) is 0 Å². The van der Waals surface area contributed by atoms with Gasteiger partial charge in [0, 0.05) is 0 Å². The Morgan fingerprint density at radius 3 is 2.12 bits per heavy atom. The average molecular weight is 246 g/mol. The lowest BCUT2D eigenvalue weighted by atomic mass is 9.92. The Kier molecular flexibility index (Phi) is 4.43. The minimum atomic E-state index is -4.32. The second kappa shape index (κ2) is 5.43. The summed E-state index contributed by atoms with van der Waals surface area (Å²) in [5.74, 6) is 0.410. The number of ether oxygens (including phenoxy) is 1. The van der Waals surface area contributed by atoms with E-state index in [1.807, 2.05) is 13.8 Å². The summed E-state index contributed by atoms with van der Waals surface area (Å²) in [5, 5.41) is 0. The topological polar surface area (TPSA) is 9.23 Å². The van der Waals surface area contributed by atoms with Crippen LogP contribution in [0.15, 0.2) is 18.2 Å². The Morgan fingerprint density at radius 2 is 1.71 bits per heavy atom. The number of halogens is 3. The molecular weight excluding hydrogens is 229 g/mol. The van der Waals surface area contributed by atoms with Crippen molar-refractivity contribution in [1.29, 1.82) is 0 Å². The SMILES string of the molecule is CCC(CC)c1cc(OC)cc(C(F)(F)F)c1. The van der Waals surface area contributed by atoms with Gasteiger partial charge in [0.05, 0.1) is 12.7 Å². The maximum absolute atomic E-state index is 12.7. The summed E-state index contributed by atoms with van der Waals surface area (Å²) in [6.07, 6.45) is -2.68. The van der Waals surface area contributed by atoms with Gasteiger partial charge in [0.15, 0.2) is 0 Å². The van der Waals surface area contributed by atoms with Crippen molar-refractivity contribution >= 4 is 0 Å². The predicted octanol–water partition coefficient (Wildman–Crippen LogP) is 4.62. The van der Waals surface area contributed by atoms with Gasteiger partial charge in [0.2, 0.25) is 0 Å². The highest BCUT2D eigenvalue weighted by Gasteiger charge is 2.31. The van der Waals surface area contributed by atoms with Crippen LogP contribution in [0.1, 0.15) is 43.7 Å². The molecule has 1 rings (SSSR count). The van der Waals surface area contributed by atoms with Crippen molar-refractivity contribution < 1.29 is 17.9 Å². The second-order valence-electron chi connectivity index (χ2n) is 4.01. The smallest absolute Gasteiger partial charge is 0.416 e. The van der Waals surface area contributed by atoms with Gasteiger partial charge in [-0.15, -0.1) is 0 Å². The first-order valence-corrected chi connectivity index (χ1v) is 5.68. The second-order valence-corrected chi connectivity index (χ2v) is 4.01. The third-order valence-corrected chi connectivity index (χ3v) is 2.95. The van der Waals surface area contributed by atoms with Crippen LogP contribution in [0.25, 0.3) is 0 Å². The summed E-state index contributed by atoms with van der Waals surface area (Å²) >= 11 is 0. The van der Waals surface area contributed by atoms with Crippen LogP contribution in [-0.4, -0.2) is 7.11 Å². The van der Waals surface area contributed by atoms with Gasteiger partial charge >= 0.3 is 6.18 Å². The quantitative estimate of drug-likeness (QED) is 0.753. The zero-order valence-corrected chi connectivity index (χ0v) is 10.3. The van der Waals surface area contributed by atoms with Gasteiger partial charge in [0.1, 0.15) is 5.75 Å². The summed E-state index contributed by atoms with van der Waals surface area (Å²) in [7, 11) is 1.38. The summed E-state index contributed by atoms with van der Waals surface area (Å²) in [6.45, 7) is 3.95. The Bertz CT molecular complexity index is 367. The molecule has 0 aliphatic carbocycles. The molecule has 0 aliphatic heterocycles. The predicted molar refractivity (Wildman–Crippen MR) is 61.3 cm³/mol. The molecule has 0 aliphatic rings. The normalized spacial score (nSPS) is 11.9. The van der Waals surface area contributed by atoms with Gasteiger partial charge in [-0.3, -0.25) is 0 Å². The minimum absolute atomic E-state index is 0.145. The molecule has 1 aromatic rings. The Hall–Kier alpha value is -1.19. The molecule has 0 saturated carbocycles. The van der Waals surface area contributed by atoms with Crippen molar-refractivity contribution in [3.8, 4) is 5.75 Å². The fourth-order valence-corrected chi connectivity index (χ4v) is 1.90. The molecule has 0 N–H and O–H groups in total. The maximum Gasteiger partial charge on any atom is 0.416 e. The molecule has 4 heteroatoms. The maximum atomic E-state index is 12.7. The van der Waals surface area contributed by atoms with Crippen LogP contribution in [0.5, 0.6) is 5.75 Å². The van der Waals surface area contributed by atoms with Crippen molar-refractivity contribution in [1.82, 2.24) is 0 Å². The van der Waals surface area contributed by atoms with E-state index in [0.29, 0.717) is 5.56 Å². The Morgan fingerprint density at radius 1 is 1.12 bits per heavy atom. The number of rotatable bonds is 4. The van der Waals surface area contributed by atoms with E-state index in [1.165, 1.54) is 13.2 Å². The van der Waals surface area contributed by atoms with E-state index in [1.54, 1.807) is 6.07 Å². The molecule has 1 nitrogen and oxygen atoms in total. The highest BCUT2D eigenvalue weighted by Crippen LogP contribution is 2.35. The van der Waals surface area contributed by atoms with Gasteiger partial charge < -0.3 is 4.74 Å². The molecule has 1 aromatic carbocycles. The van der Waals surface area contributed by atoms with Gasteiger partial charge in [-0.05, 0) is 42.5 Å². The van der Waals surface area contributed by atoms with Crippen molar-refractivity contribution in [3.63, 3.8) is 0 Å². The lowest BCUT2D eigenvalue weighted by Gasteiger charge is -2.17. The first-order chi connectivity index (χ1) is 7.92. The number of benzene rings is 1. The molecule has 0 bridgehead atoms. The van der Waals surface area contributed by atoms with Crippen molar-refractivity contribution in [3.05, 3.63) is 29.3 Å². The molecular formula is C13H17F3O. The molecule has 0 amide bonds. The number of alkyl halides is 3. The van der Waals surface area contributed by atoms with Crippen molar-refractivity contribution in [2.45, 2.75) is 38.8 Å². The molecule has 0 atom stereocenters. The van der Waals surface area contributed by atoms with Crippen LogP contribution in [-0.2, 0) is 6.18 Å². The fourth-order valence-electron chi connectivity index (χ4n) is 1.90. The van der Waals surface area contributed by atoms with Crippen LogP contribution >= 0.6 is 0 Å². The molecule has 0 fully saturated rings. The highest BCUT2D eigenvalue weighted by atomic mass is 19.4. The van der Waals surface area contributed by atoms with E-state index in [-0.39, 0.29) is 11.7 Å². The summed E-state index contributed by atoms with van der Waals surface area (Å²) < 4.78 is 43.0. The molecule has 0 radical (unpaired) electrons. The zero-order valence-electron chi connectivity index (χ0n) is 10.3. The van der Waals surface area contributed by atoms with E-state index in [4.69, 9.17) is 4.74 Å². The molecule has 0 saturated heterocycles. The van der Waals surface area contributed by atoms with Crippen LogP contribution in [0.4, 0.5) is 13.2 Å².